The van der Waals surface area contributed by atoms with Crippen molar-refractivity contribution in [3.63, 3.8) is 0 Å². The number of imide groups is 2. The predicted octanol–water partition coefficient (Wildman–Crippen LogP) is -0.354. The van der Waals surface area contributed by atoms with E-state index in [1.807, 2.05) is 5.32 Å². The number of nitro groups is 1. The lowest BCUT2D eigenvalue weighted by Crippen LogP contribution is -2.45. The van der Waals surface area contributed by atoms with Crippen molar-refractivity contribution in [1.82, 2.24) is 15.5 Å². The molecule has 2 rings (SSSR count). The first kappa shape index (κ1) is 15.1. The van der Waals surface area contributed by atoms with Gasteiger partial charge in [-0.05, 0) is 6.07 Å². The summed E-state index contributed by atoms with van der Waals surface area (Å²) in [7, 11) is 1.29. The summed E-state index contributed by atoms with van der Waals surface area (Å²) < 4.78 is 0. The molecule has 5 amide bonds. The van der Waals surface area contributed by atoms with Crippen molar-refractivity contribution < 1.29 is 24.1 Å². The lowest BCUT2D eigenvalue weighted by molar-refractivity contribution is -0.385. The summed E-state index contributed by atoms with van der Waals surface area (Å²) in [6.45, 7) is -0.711. The minimum atomic E-state index is -0.945. The molecule has 1 aromatic rings. The van der Waals surface area contributed by atoms with Crippen LogP contribution in [0, 0.1) is 10.1 Å². The summed E-state index contributed by atoms with van der Waals surface area (Å²) in [5, 5.41) is 14.9. The maximum absolute atomic E-state index is 12.1. The Kier molecular flexibility index (Phi) is 3.84. The van der Waals surface area contributed by atoms with E-state index in [1.165, 1.54) is 19.2 Å². The molecule has 0 radical (unpaired) electrons. The maximum Gasteiger partial charge on any atom is 0.321 e. The number of amides is 5. The van der Waals surface area contributed by atoms with Crippen LogP contribution in [-0.4, -0.2) is 47.2 Å². The molecule has 0 aliphatic carbocycles. The Morgan fingerprint density at radius 3 is 2.55 bits per heavy atom. The average Bonchev–Trinajstić information content (AvgIpc) is 2.72. The van der Waals surface area contributed by atoms with Crippen molar-refractivity contribution in [3.8, 4) is 0 Å². The highest BCUT2D eigenvalue weighted by Gasteiger charge is 2.41. The quantitative estimate of drug-likeness (QED) is 0.444. The Balaban J connectivity index is 2.28. The summed E-state index contributed by atoms with van der Waals surface area (Å²) in [5.74, 6) is -2.66. The number of fused-ring (bicyclic) bond motifs is 1. The second-order valence-corrected chi connectivity index (χ2v) is 4.28. The Morgan fingerprint density at radius 1 is 1.27 bits per heavy atom. The largest absolute Gasteiger partial charge is 0.341 e. The Labute approximate surface area is 123 Å². The topological polar surface area (TPSA) is 139 Å². The van der Waals surface area contributed by atoms with E-state index in [9.17, 15) is 29.3 Å². The van der Waals surface area contributed by atoms with Crippen molar-refractivity contribution in [2.24, 2.45) is 0 Å². The van der Waals surface area contributed by atoms with E-state index in [2.05, 4.69) is 5.32 Å². The molecule has 114 valence electrons. The number of nitrogens with one attached hydrogen (secondary N) is 2. The highest BCUT2D eigenvalue weighted by Crippen LogP contribution is 2.30. The fourth-order valence-electron chi connectivity index (χ4n) is 1.98. The molecular weight excluding hydrogens is 296 g/mol. The Morgan fingerprint density at radius 2 is 1.95 bits per heavy atom. The van der Waals surface area contributed by atoms with E-state index in [-0.39, 0.29) is 11.1 Å². The first-order valence-corrected chi connectivity index (χ1v) is 6.02. The van der Waals surface area contributed by atoms with Gasteiger partial charge in [-0.1, -0.05) is 6.07 Å². The number of urea groups is 1. The van der Waals surface area contributed by atoms with Gasteiger partial charge >= 0.3 is 6.03 Å². The van der Waals surface area contributed by atoms with Gasteiger partial charge in [0.2, 0.25) is 5.91 Å². The molecule has 0 spiro atoms. The van der Waals surface area contributed by atoms with Crippen LogP contribution >= 0.6 is 0 Å². The van der Waals surface area contributed by atoms with Crippen LogP contribution in [0.25, 0.3) is 0 Å². The number of hydrogen-bond donors (Lipinski definition) is 2. The molecule has 22 heavy (non-hydrogen) atoms. The SMILES string of the molecule is CNC(=O)NC(=O)CN1C(=O)c2cccc([N+](=O)[O-])c2C1=O. The van der Waals surface area contributed by atoms with Gasteiger partial charge in [0.05, 0.1) is 10.5 Å². The van der Waals surface area contributed by atoms with Crippen LogP contribution in [-0.2, 0) is 4.79 Å². The van der Waals surface area contributed by atoms with Crippen LogP contribution in [0.1, 0.15) is 20.7 Å². The second kappa shape index (κ2) is 5.60. The zero-order chi connectivity index (χ0) is 16.4. The van der Waals surface area contributed by atoms with Gasteiger partial charge in [0, 0.05) is 13.1 Å². The van der Waals surface area contributed by atoms with Gasteiger partial charge in [0.1, 0.15) is 12.1 Å². The van der Waals surface area contributed by atoms with E-state index in [4.69, 9.17) is 0 Å². The lowest BCUT2D eigenvalue weighted by atomic mass is 10.1. The standard InChI is InChI=1S/C12H10N4O6/c1-13-12(20)14-8(17)5-15-10(18)6-3-2-4-7(16(21)22)9(6)11(15)19/h2-4H,5H2,1H3,(H2,13,14,17,20). The summed E-state index contributed by atoms with van der Waals surface area (Å²) in [6.07, 6.45) is 0. The second-order valence-electron chi connectivity index (χ2n) is 4.28. The van der Waals surface area contributed by atoms with Crippen LogP contribution in [0.5, 0.6) is 0 Å². The van der Waals surface area contributed by atoms with Gasteiger partial charge < -0.3 is 5.32 Å². The van der Waals surface area contributed by atoms with Crippen LogP contribution < -0.4 is 10.6 Å². The monoisotopic (exact) mass is 306 g/mol. The minimum Gasteiger partial charge on any atom is -0.341 e. The van der Waals surface area contributed by atoms with E-state index in [1.54, 1.807) is 0 Å². The number of carbonyl (C=O) groups excluding carboxylic acids is 4. The van der Waals surface area contributed by atoms with Gasteiger partial charge in [0.15, 0.2) is 0 Å². The number of hydrogen-bond acceptors (Lipinski definition) is 6. The number of benzene rings is 1. The molecule has 0 atom stereocenters. The molecule has 10 heteroatoms. The molecule has 10 nitrogen and oxygen atoms in total. The number of rotatable bonds is 3. The molecule has 1 aliphatic rings. The molecule has 1 aromatic carbocycles. The van der Waals surface area contributed by atoms with Crippen molar-refractivity contribution in [2.75, 3.05) is 13.6 Å². The van der Waals surface area contributed by atoms with Crippen LogP contribution in [0.4, 0.5) is 10.5 Å². The van der Waals surface area contributed by atoms with Crippen LogP contribution in [0.2, 0.25) is 0 Å². The van der Waals surface area contributed by atoms with E-state index in [0.717, 1.165) is 6.07 Å². The summed E-state index contributed by atoms with van der Waals surface area (Å²) in [6, 6.07) is 2.83. The third kappa shape index (κ3) is 2.49. The zero-order valence-electron chi connectivity index (χ0n) is 11.3. The smallest absolute Gasteiger partial charge is 0.321 e. The van der Waals surface area contributed by atoms with Gasteiger partial charge in [0.25, 0.3) is 17.5 Å². The summed E-state index contributed by atoms with van der Waals surface area (Å²) >= 11 is 0. The lowest BCUT2D eigenvalue weighted by Gasteiger charge is -2.12. The third-order valence-electron chi connectivity index (χ3n) is 2.96. The van der Waals surface area contributed by atoms with E-state index in [0.29, 0.717) is 4.90 Å². The molecule has 0 unspecified atom stereocenters. The molecule has 0 fully saturated rings. The van der Waals surface area contributed by atoms with Crippen LogP contribution in [0.15, 0.2) is 18.2 Å². The Bertz CT molecular complexity index is 714. The van der Waals surface area contributed by atoms with Gasteiger partial charge in [-0.25, -0.2) is 4.79 Å². The molecule has 1 aliphatic heterocycles. The highest BCUT2D eigenvalue weighted by atomic mass is 16.6. The van der Waals surface area contributed by atoms with Gasteiger partial charge in [-0.3, -0.25) is 34.7 Å². The predicted molar refractivity (Wildman–Crippen MR) is 71.1 cm³/mol. The summed E-state index contributed by atoms with van der Waals surface area (Å²) in [5.41, 5.74) is -1.01. The van der Waals surface area contributed by atoms with Gasteiger partial charge in [-0.15, -0.1) is 0 Å². The minimum absolute atomic E-state index is 0.146. The Hall–Kier alpha value is -3.30. The first-order chi connectivity index (χ1) is 10.4. The maximum atomic E-state index is 12.1. The summed E-state index contributed by atoms with van der Waals surface area (Å²) in [4.78, 5) is 57.5. The zero-order valence-corrected chi connectivity index (χ0v) is 11.3. The van der Waals surface area contributed by atoms with Crippen molar-refractivity contribution >= 4 is 29.4 Å². The first-order valence-electron chi connectivity index (χ1n) is 6.02. The molecule has 0 saturated heterocycles. The molecular formula is C12H10N4O6. The average molecular weight is 306 g/mol. The normalized spacial score (nSPS) is 12.9. The van der Waals surface area contributed by atoms with E-state index < -0.39 is 40.9 Å². The van der Waals surface area contributed by atoms with E-state index >= 15 is 0 Å². The molecule has 1 heterocycles. The number of nitro benzene ring substituents is 1. The molecule has 2 N–H and O–H groups in total. The molecule has 0 saturated carbocycles. The van der Waals surface area contributed by atoms with Crippen molar-refractivity contribution in [1.29, 1.82) is 0 Å². The third-order valence-corrected chi connectivity index (χ3v) is 2.96. The van der Waals surface area contributed by atoms with Crippen molar-refractivity contribution in [3.05, 3.63) is 39.4 Å². The fraction of sp³-hybridized carbons (Fsp3) is 0.167. The fourth-order valence-corrected chi connectivity index (χ4v) is 1.98. The number of nitrogens with zero attached hydrogens (tertiary/aromatic N) is 2. The molecule has 0 aromatic heterocycles. The van der Waals surface area contributed by atoms with Gasteiger partial charge in [-0.2, -0.15) is 0 Å². The number of carbonyl (C=O) groups is 4. The van der Waals surface area contributed by atoms with Crippen molar-refractivity contribution in [2.45, 2.75) is 0 Å². The highest BCUT2D eigenvalue weighted by molar-refractivity contribution is 6.24. The molecule has 0 bridgehead atoms. The van der Waals surface area contributed by atoms with Crippen LogP contribution in [0.3, 0.4) is 0 Å².